The highest BCUT2D eigenvalue weighted by Crippen LogP contribution is 2.26. The first-order chi connectivity index (χ1) is 8.29. The first kappa shape index (κ1) is 14.7. The summed E-state index contributed by atoms with van der Waals surface area (Å²) in [7, 11) is 2.00. The second-order valence-electron chi connectivity index (χ2n) is 4.18. The van der Waals surface area contributed by atoms with E-state index >= 15 is 0 Å². The first-order valence-corrected chi connectivity index (χ1v) is 7.05. The molecule has 1 aromatic rings. The van der Waals surface area contributed by atoms with Gasteiger partial charge in [-0.05, 0) is 37.4 Å². The van der Waals surface area contributed by atoms with Crippen LogP contribution in [0.4, 0.5) is 0 Å². The molecule has 3 heteroatoms. The molecule has 0 saturated heterocycles. The van der Waals surface area contributed by atoms with Crippen molar-refractivity contribution < 1.29 is 4.74 Å². The Balaban J connectivity index is 2.56. The van der Waals surface area contributed by atoms with Crippen LogP contribution in [0.1, 0.15) is 31.2 Å². The van der Waals surface area contributed by atoms with Crippen molar-refractivity contribution in [1.29, 1.82) is 0 Å². The molecule has 1 N–H and O–H groups in total. The van der Waals surface area contributed by atoms with Gasteiger partial charge in [0.25, 0.3) is 0 Å². The van der Waals surface area contributed by atoms with Gasteiger partial charge in [0, 0.05) is 24.2 Å². The molecule has 2 nitrogen and oxygen atoms in total. The smallest absolute Gasteiger partial charge is 0.0472 e. The number of halogens is 1. The molecule has 0 heterocycles. The van der Waals surface area contributed by atoms with E-state index in [0.717, 1.165) is 32.6 Å². The van der Waals surface area contributed by atoms with Crippen molar-refractivity contribution in [1.82, 2.24) is 5.32 Å². The van der Waals surface area contributed by atoms with Gasteiger partial charge in [0.2, 0.25) is 0 Å². The van der Waals surface area contributed by atoms with Crippen molar-refractivity contribution in [2.75, 3.05) is 26.8 Å². The van der Waals surface area contributed by atoms with Gasteiger partial charge in [-0.25, -0.2) is 0 Å². The molecule has 1 aromatic carbocycles. The number of likely N-dealkylation sites (N-methyl/N-ethyl adjacent to an activating group) is 1. The second-order valence-corrected chi connectivity index (χ2v) is 5.03. The Morgan fingerprint density at radius 2 is 2.06 bits per heavy atom. The average molecular weight is 300 g/mol. The largest absolute Gasteiger partial charge is 0.381 e. The predicted octanol–water partition coefficient (Wildman–Crippen LogP) is 3.57. The minimum absolute atomic E-state index is 0.507. The summed E-state index contributed by atoms with van der Waals surface area (Å²) in [5.41, 5.74) is 1.36. The molecule has 0 saturated carbocycles. The lowest BCUT2D eigenvalue weighted by Crippen LogP contribution is -2.19. The van der Waals surface area contributed by atoms with E-state index < -0.39 is 0 Å². The third-order valence-electron chi connectivity index (χ3n) is 2.75. The zero-order valence-electron chi connectivity index (χ0n) is 10.7. The lowest BCUT2D eigenvalue weighted by molar-refractivity contribution is 0.127. The van der Waals surface area contributed by atoms with Crippen molar-refractivity contribution in [3.63, 3.8) is 0 Å². The third-order valence-corrected chi connectivity index (χ3v) is 3.48. The molecule has 0 aliphatic heterocycles. The Kier molecular flexibility index (Phi) is 7.49. The lowest BCUT2D eigenvalue weighted by Gasteiger charge is -2.18. The lowest BCUT2D eigenvalue weighted by atomic mass is 9.96. The van der Waals surface area contributed by atoms with Gasteiger partial charge in [-0.3, -0.25) is 0 Å². The summed E-state index contributed by atoms with van der Waals surface area (Å²) in [6.45, 7) is 4.82. The molecule has 0 bridgehead atoms. The number of benzene rings is 1. The van der Waals surface area contributed by atoms with Gasteiger partial charge in [0.1, 0.15) is 0 Å². The van der Waals surface area contributed by atoms with Gasteiger partial charge in [0.05, 0.1) is 0 Å². The van der Waals surface area contributed by atoms with Crippen LogP contribution in [0.2, 0.25) is 0 Å². The molecule has 0 fully saturated rings. The van der Waals surface area contributed by atoms with Crippen LogP contribution < -0.4 is 5.32 Å². The Labute approximate surface area is 113 Å². The van der Waals surface area contributed by atoms with Gasteiger partial charge in [-0.2, -0.15) is 0 Å². The summed E-state index contributed by atoms with van der Waals surface area (Å²) < 4.78 is 6.77. The van der Waals surface area contributed by atoms with Gasteiger partial charge >= 0.3 is 0 Å². The highest BCUT2D eigenvalue weighted by Gasteiger charge is 2.13. The minimum Gasteiger partial charge on any atom is -0.381 e. The van der Waals surface area contributed by atoms with Crippen molar-refractivity contribution in [2.45, 2.75) is 25.7 Å². The monoisotopic (exact) mass is 299 g/mol. The van der Waals surface area contributed by atoms with E-state index in [2.05, 4.69) is 52.4 Å². The standard InChI is InChI=1S/C14H22BrNO/c1-3-9-17-10-8-12(11-16-2)13-6-4-5-7-14(13)15/h4-7,12,16H,3,8-11H2,1-2H3. The SMILES string of the molecule is CCCOCCC(CNC)c1ccccc1Br. The quantitative estimate of drug-likeness (QED) is 0.741. The zero-order chi connectivity index (χ0) is 12.5. The van der Waals surface area contributed by atoms with Crippen LogP contribution in [0.15, 0.2) is 28.7 Å². The molecule has 0 spiro atoms. The van der Waals surface area contributed by atoms with E-state index in [9.17, 15) is 0 Å². The van der Waals surface area contributed by atoms with E-state index in [4.69, 9.17) is 4.74 Å². The third kappa shape index (κ3) is 5.19. The van der Waals surface area contributed by atoms with Gasteiger partial charge in [-0.15, -0.1) is 0 Å². The Hall–Kier alpha value is -0.380. The summed E-state index contributed by atoms with van der Waals surface area (Å²) in [5, 5.41) is 3.26. The number of rotatable bonds is 8. The molecule has 1 atom stereocenters. The molecule has 0 aliphatic rings. The molecule has 1 rings (SSSR count). The highest BCUT2D eigenvalue weighted by molar-refractivity contribution is 9.10. The van der Waals surface area contributed by atoms with Gasteiger partial charge < -0.3 is 10.1 Å². The molecule has 0 radical (unpaired) electrons. The normalized spacial score (nSPS) is 12.6. The topological polar surface area (TPSA) is 21.3 Å². The van der Waals surface area contributed by atoms with Gasteiger partial charge in [0.15, 0.2) is 0 Å². The molecule has 96 valence electrons. The maximum atomic E-state index is 5.58. The number of hydrogen-bond donors (Lipinski definition) is 1. The number of nitrogens with one attached hydrogen (secondary N) is 1. The minimum atomic E-state index is 0.507. The van der Waals surface area contributed by atoms with E-state index in [0.29, 0.717) is 5.92 Å². The number of hydrogen-bond acceptors (Lipinski definition) is 2. The van der Waals surface area contributed by atoms with E-state index in [1.54, 1.807) is 0 Å². The average Bonchev–Trinajstić information content (AvgIpc) is 2.34. The maximum absolute atomic E-state index is 5.58. The predicted molar refractivity (Wildman–Crippen MR) is 76.5 cm³/mol. The van der Waals surface area contributed by atoms with Crippen LogP contribution in [0.25, 0.3) is 0 Å². The van der Waals surface area contributed by atoms with Crippen LogP contribution in [0.3, 0.4) is 0 Å². The highest BCUT2D eigenvalue weighted by atomic mass is 79.9. The van der Waals surface area contributed by atoms with Crippen molar-refractivity contribution >= 4 is 15.9 Å². The summed E-state index contributed by atoms with van der Waals surface area (Å²) >= 11 is 3.62. The summed E-state index contributed by atoms with van der Waals surface area (Å²) in [5.74, 6) is 0.507. The van der Waals surface area contributed by atoms with Crippen LogP contribution in [0.5, 0.6) is 0 Å². The molecular formula is C14H22BrNO. The fraction of sp³-hybridized carbons (Fsp3) is 0.571. The Morgan fingerprint density at radius 3 is 2.71 bits per heavy atom. The van der Waals surface area contributed by atoms with E-state index in [1.165, 1.54) is 10.0 Å². The molecule has 0 amide bonds. The van der Waals surface area contributed by atoms with Crippen LogP contribution in [0, 0.1) is 0 Å². The van der Waals surface area contributed by atoms with E-state index in [-0.39, 0.29) is 0 Å². The summed E-state index contributed by atoms with van der Waals surface area (Å²) in [6, 6.07) is 8.43. The maximum Gasteiger partial charge on any atom is 0.0472 e. The molecule has 0 aromatic heterocycles. The summed E-state index contributed by atoms with van der Waals surface area (Å²) in [6.07, 6.45) is 2.15. The van der Waals surface area contributed by atoms with Crippen molar-refractivity contribution in [2.24, 2.45) is 0 Å². The first-order valence-electron chi connectivity index (χ1n) is 6.26. The molecule has 1 unspecified atom stereocenters. The molecule has 0 aliphatic carbocycles. The summed E-state index contributed by atoms with van der Waals surface area (Å²) in [4.78, 5) is 0. The zero-order valence-corrected chi connectivity index (χ0v) is 12.3. The molecule has 17 heavy (non-hydrogen) atoms. The van der Waals surface area contributed by atoms with Crippen LogP contribution >= 0.6 is 15.9 Å². The second kappa shape index (κ2) is 8.67. The van der Waals surface area contributed by atoms with Crippen LogP contribution in [-0.4, -0.2) is 26.8 Å². The Bertz CT molecular complexity index is 317. The fourth-order valence-corrected chi connectivity index (χ4v) is 2.50. The van der Waals surface area contributed by atoms with Crippen LogP contribution in [-0.2, 0) is 4.74 Å². The molecular weight excluding hydrogens is 278 g/mol. The number of ether oxygens (including phenoxy) is 1. The van der Waals surface area contributed by atoms with Crippen molar-refractivity contribution in [3.8, 4) is 0 Å². The van der Waals surface area contributed by atoms with Gasteiger partial charge in [-0.1, -0.05) is 41.1 Å². The Morgan fingerprint density at radius 1 is 1.29 bits per heavy atom. The van der Waals surface area contributed by atoms with E-state index in [1.807, 2.05) is 7.05 Å². The van der Waals surface area contributed by atoms with Crippen molar-refractivity contribution in [3.05, 3.63) is 34.3 Å². The fourth-order valence-electron chi connectivity index (χ4n) is 1.89.